The van der Waals surface area contributed by atoms with Gasteiger partial charge in [0.05, 0.1) is 0 Å². The molecule has 1 N–H and O–H groups in total. The van der Waals surface area contributed by atoms with E-state index in [9.17, 15) is 4.79 Å². The van der Waals surface area contributed by atoms with Crippen LogP contribution in [0.5, 0.6) is 0 Å². The third-order valence-corrected chi connectivity index (χ3v) is 1.29. The smallest absolute Gasteiger partial charge is 0.303 e. The van der Waals surface area contributed by atoms with Crippen LogP contribution < -0.4 is 0 Å². The Hall–Kier alpha value is -0.830. The predicted octanol–water partition coefficient (Wildman–Crippen LogP) is 0.877. The van der Waals surface area contributed by atoms with Crippen molar-refractivity contribution in [2.24, 2.45) is 0 Å². The number of hydrogen-bond donors (Lipinski definition) is 1. The van der Waals surface area contributed by atoms with Crippen LogP contribution in [0.15, 0.2) is 12.2 Å². The van der Waals surface area contributed by atoms with Crippen LogP contribution in [0, 0.1) is 0 Å². The number of carbonyl (C=O) groups is 1. The number of aliphatic hydroxyl groups is 1. The van der Waals surface area contributed by atoms with Gasteiger partial charge in [0.15, 0.2) is 0 Å². The summed E-state index contributed by atoms with van der Waals surface area (Å²) in [7, 11) is 1.00. The van der Waals surface area contributed by atoms with Crippen molar-refractivity contribution in [1.82, 2.24) is 0 Å². The first-order valence-electron chi connectivity index (χ1n) is 3.57. The summed E-state index contributed by atoms with van der Waals surface area (Å²) in [5.41, 5.74) is 0. The molecule has 0 bridgehead atoms. The zero-order valence-electron chi connectivity index (χ0n) is 6.91. The number of hydrogen-bond acceptors (Lipinski definition) is 3. The van der Waals surface area contributed by atoms with Crippen LogP contribution >= 0.6 is 0 Å². The lowest BCUT2D eigenvalue weighted by atomic mass is 10.3. The largest absolute Gasteiger partial charge is 0.458 e. The summed E-state index contributed by atoms with van der Waals surface area (Å²) in [6.07, 6.45) is 6.02. The van der Waals surface area contributed by atoms with Crippen LogP contribution in [0.1, 0.15) is 19.8 Å². The third-order valence-electron chi connectivity index (χ3n) is 1.29. The van der Waals surface area contributed by atoms with Gasteiger partial charge < -0.3 is 9.84 Å². The number of allylic oxidation sites excluding steroid dienone is 1. The van der Waals surface area contributed by atoms with Crippen LogP contribution in [-0.2, 0) is 9.53 Å². The van der Waals surface area contributed by atoms with Gasteiger partial charge in [-0.1, -0.05) is 6.08 Å². The van der Waals surface area contributed by atoms with Crippen molar-refractivity contribution in [2.45, 2.75) is 25.9 Å². The minimum atomic E-state index is -0.188. The quantitative estimate of drug-likeness (QED) is 0.455. The summed E-state index contributed by atoms with van der Waals surface area (Å²) in [6.45, 7) is 1.44. The Labute approximate surface area is 66.7 Å². The zero-order chi connectivity index (χ0) is 8.69. The first-order valence-corrected chi connectivity index (χ1v) is 3.57. The molecule has 3 heteroatoms. The Morgan fingerprint density at radius 2 is 2.27 bits per heavy atom. The van der Waals surface area contributed by atoms with Crippen LogP contribution in [0.25, 0.3) is 0 Å². The maximum Gasteiger partial charge on any atom is 0.303 e. The molecule has 3 nitrogen and oxygen atoms in total. The molecule has 1 aliphatic rings. The van der Waals surface area contributed by atoms with Gasteiger partial charge in [0, 0.05) is 14.0 Å². The molecule has 0 heterocycles. The van der Waals surface area contributed by atoms with E-state index in [1.54, 1.807) is 0 Å². The molecule has 0 radical (unpaired) electrons. The average molecular weight is 158 g/mol. The van der Waals surface area contributed by atoms with Crippen LogP contribution in [0.4, 0.5) is 0 Å². The minimum absolute atomic E-state index is 0.0579. The van der Waals surface area contributed by atoms with Crippen LogP contribution in [0.3, 0.4) is 0 Å². The lowest BCUT2D eigenvalue weighted by Crippen LogP contribution is -2.09. The van der Waals surface area contributed by atoms with Crippen LogP contribution in [-0.4, -0.2) is 24.3 Å². The summed E-state index contributed by atoms with van der Waals surface area (Å²) in [5.74, 6) is -0.188. The fourth-order valence-corrected chi connectivity index (χ4v) is 0.916. The molecule has 11 heavy (non-hydrogen) atoms. The standard InChI is InChI=1S/C7H10O2.CH4O/c1-6(8)9-7-4-2-3-5-7;1-2/h2,4,7H,3,5H2,1H3;2H,1H3/t7-;/m1./s1. The third kappa shape index (κ3) is 4.56. The molecule has 0 saturated heterocycles. The van der Waals surface area contributed by atoms with Gasteiger partial charge in [-0.15, -0.1) is 0 Å². The predicted molar refractivity (Wildman–Crippen MR) is 42.1 cm³/mol. The summed E-state index contributed by atoms with van der Waals surface area (Å²) < 4.78 is 4.89. The highest BCUT2D eigenvalue weighted by molar-refractivity contribution is 5.66. The molecular formula is C8H14O3. The van der Waals surface area contributed by atoms with Gasteiger partial charge in [0.25, 0.3) is 0 Å². The van der Waals surface area contributed by atoms with Crippen molar-refractivity contribution in [1.29, 1.82) is 0 Å². The summed E-state index contributed by atoms with van der Waals surface area (Å²) in [4.78, 5) is 10.3. The van der Waals surface area contributed by atoms with Gasteiger partial charge in [-0.2, -0.15) is 0 Å². The maximum absolute atomic E-state index is 10.3. The summed E-state index contributed by atoms with van der Waals surface area (Å²) >= 11 is 0. The van der Waals surface area contributed by atoms with Crippen molar-refractivity contribution < 1.29 is 14.6 Å². The van der Waals surface area contributed by atoms with Crippen molar-refractivity contribution in [3.8, 4) is 0 Å². The van der Waals surface area contributed by atoms with E-state index in [2.05, 4.69) is 0 Å². The van der Waals surface area contributed by atoms with Crippen molar-refractivity contribution >= 4 is 5.97 Å². The molecule has 0 fully saturated rings. The summed E-state index contributed by atoms with van der Waals surface area (Å²) in [6, 6.07) is 0. The molecule has 0 aromatic rings. The van der Waals surface area contributed by atoms with E-state index in [1.807, 2.05) is 12.2 Å². The van der Waals surface area contributed by atoms with E-state index < -0.39 is 0 Å². The van der Waals surface area contributed by atoms with Crippen molar-refractivity contribution in [2.75, 3.05) is 7.11 Å². The van der Waals surface area contributed by atoms with E-state index in [0.29, 0.717) is 0 Å². The summed E-state index contributed by atoms with van der Waals surface area (Å²) in [5, 5.41) is 7.00. The molecule has 0 aliphatic heterocycles. The Morgan fingerprint density at radius 1 is 1.64 bits per heavy atom. The van der Waals surface area contributed by atoms with Crippen molar-refractivity contribution in [3.05, 3.63) is 12.2 Å². The van der Waals surface area contributed by atoms with Gasteiger partial charge in [0.2, 0.25) is 0 Å². The van der Waals surface area contributed by atoms with Gasteiger partial charge >= 0.3 is 5.97 Å². The van der Waals surface area contributed by atoms with Gasteiger partial charge in [-0.3, -0.25) is 4.79 Å². The van der Waals surface area contributed by atoms with Crippen molar-refractivity contribution in [3.63, 3.8) is 0 Å². The molecule has 0 unspecified atom stereocenters. The SMILES string of the molecule is CC(=O)O[C@@H]1C=CCC1.CO. The molecule has 64 valence electrons. The van der Waals surface area contributed by atoms with E-state index in [0.717, 1.165) is 20.0 Å². The lowest BCUT2D eigenvalue weighted by molar-refractivity contribution is -0.144. The minimum Gasteiger partial charge on any atom is -0.458 e. The van der Waals surface area contributed by atoms with E-state index >= 15 is 0 Å². The molecule has 0 saturated carbocycles. The second kappa shape index (κ2) is 5.92. The molecular weight excluding hydrogens is 144 g/mol. The van der Waals surface area contributed by atoms with Gasteiger partial charge in [-0.05, 0) is 18.9 Å². The number of esters is 1. The molecule has 1 aliphatic carbocycles. The van der Waals surface area contributed by atoms with E-state index in [-0.39, 0.29) is 12.1 Å². The highest BCUT2D eigenvalue weighted by Crippen LogP contribution is 2.12. The molecule has 0 spiro atoms. The average Bonchev–Trinajstić information content (AvgIpc) is 2.43. The van der Waals surface area contributed by atoms with Gasteiger partial charge in [0.1, 0.15) is 6.10 Å². The first kappa shape index (κ1) is 10.2. The highest BCUT2D eigenvalue weighted by atomic mass is 16.5. The van der Waals surface area contributed by atoms with E-state index in [4.69, 9.17) is 9.84 Å². The number of aliphatic hydroxyl groups excluding tert-OH is 1. The second-order valence-corrected chi connectivity index (χ2v) is 2.15. The molecule has 0 aromatic carbocycles. The van der Waals surface area contributed by atoms with Crippen LogP contribution in [0.2, 0.25) is 0 Å². The Morgan fingerprint density at radius 3 is 2.64 bits per heavy atom. The molecule has 1 rings (SSSR count). The monoisotopic (exact) mass is 158 g/mol. The normalized spacial score (nSPS) is 20.5. The Balaban J connectivity index is 0.000000461. The molecule has 0 amide bonds. The molecule has 0 aromatic heterocycles. The first-order chi connectivity index (χ1) is 5.29. The maximum atomic E-state index is 10.3. The number of rotatable bonds is 1. The molecule has 1 atom stereocenters. The fraction of sp³-hybridized carbons (Fsp3) is 0.625. The Kier molecular flexibility index (Phi) is 5.47. The second-order valence-electron chi connectivity index (χ2n) is 2.15. The topological polar surface area (TPSA) is 46.5 Å². The number of ether oxygens (including phenoxy) is 1. The Bertz CT molecular complexity index is 140. The highest BCUT2D eigenvalue weighted by Gasteiger charge is 2.10. The van der Waals surface area contributed by atoms with E-state index in [1.165, 1.54) is 6.92 Å². The zero-order valence-corrected chi connectivity index (χ0v) is 6.91. The lowest BCUT2D eigenvalue weighted by Gasteiger charge is -2.05. The number of carbonyl (C=O) groups excluding carboxylic acids is 1. The van der Waals surface area contributed by atoms with Gasteiger partial charge in [-0.25, -0.2) is 0 Å². The fourth-order valence-electron chi connectivity index (χ4n) is 0.916.